The maximum absolute atomic E-state index is 12.6. The van der Waals surface area contributed by atoms with E-state index in [1.54, 1.807) is 14.1 Å². The van der Waals surface area contributed by atoms with E-state index in [1.165, 1.54) is 181 Å². The van der Waals surface area contributed by atoms with E-state index in [0.717, 1.165) is 0 Å². The highest BCUT2D eigenvalue weighted by Gasteiger charge is 2.25. The first kappa shape index (κ1) is 96.6. The van der Waals surface area contributed by atoms with E-state index in [1.807, 2.05) is 0 Å². The number of ether oxygens (including phenoxy) is 12. The van der Waals surface area contributed by atoms with Crippen molar-refractivity contribution in [2.75, 3.05) is 173 Å². The molecule has 42 heteroatoms. The molecule has 0 unspecified atom stereocenters. The molecule has 0 aromatic heterocycles. The molecule has 0 atom stereocenters. The van der Waals surface area contributed by atoms with Crippen molar-refractivity contribution in [3.63, 3.8) is 0 Å². The third-order valence-corrected chi connectivity index (χ3v) is 22.2. The van der Waals surface area contributed by atoms with E-state index >= 15 is 0 Å². The van der Waals surface area contributed by atoms with Crippen LogP contribution in [0, 0.1) is 122 Å². The van der Waals surface area contributed by atoms with Crippen molar-refractivity contribution in [1.29, 1.82) is 0 Å². The van der Waals surface area contributed by atoms with Crippen LogP contribution in [0.4, 0.5) is 70.2 Å². The molecule has 4 aromatic rings. The molecule has 2 saturated heterocycles. The summed E-state index contributed by atoms with van der Waals surface area (Å²) in [5.74, 6) is -24.9. The van der Waals surface area contributed by atoms with Gasteiger partial charge in [0, 0.05) is 14.1 Å². The van der Waals surface area contributed by atoms with Crippen LogP contribution in [0.25, 0.3) is 0 Å². The summed E-state index contributed by atoms with van der Waals surface area (Å²) in [7, 11) is 3.37. The van der Waals surface area contributed by atoms with Gasteiger partial charge in [0.05, 0.1) is 187 Å². The average molecular weight is 2320 g/mol. The Morgan fingerprint density at radius 1 is 0.223 bits per heavy atom. The van der Waals surface area contributed by atoms with E-state index < -0.39 is 93.1 Å². The topological polar surface area (TPSA) is 187 Å². The van der Waals surface area contributed by atoms with Gasteiger partial charge in [0.1, 0.15) is 0 Å². The zero-order chi connectivity index (χ0) is 71.9. The molecule has 2 aliphatic heterocycles. The molecule has 0 bridgehead atoms. The zero-order valence-electron chi connectivity index (χ0n) is 48.9. The number of thiocarbonyl (C=S) groups is 2. The first-order chi connectivity index (χ1) is 44.4. The lowest BCUT2D eigenvalue weighted by Crippen LogP contribution is -2.24. The quantitative estimate of drug-likeness (QED) is 0.0428. The third kappa shape index (κ3) is 41.6. The molecule has 16 nitrogen and oxygen atoms in total. The normalized spacial score (nSPS) is 15.3. The minimum absolute atomic E-state index is 0.246. The molecule has 540 valence electrons. The summed E-state index contributed by atoms with van der Waals surface area (Å²) in [4.78, 5) is 0. The fraction of sp³-hybridized carbons (Fsp3) is 0.500. The van der Waals surface area contributed by atoms with E-state index in [9.17, 15) is 70.2 Å². The molecule has 0 amide bonds. The van der Waals surface area contributed by atoms with Crippen LogP contribution in [0.15, 0.2) is 0 Å². The summed E-state index contributed by atoms with van der Waals surface area (Å²) in [6.45, 7) is 14.1. The molecule has 6 rings (SSSR count). The lowest BCUT2D eigenvalue weighted by Gasteiger charge is -2.09. The van der Waals surface area contributed by atoms with Gasteiger partial charge >= 0.3 is 0 Å². The molecule has 0 saturated carbocycles. The largest absolute Gasteiger partial charge is 0.377 e. The minimum atomic E-state index is -1.77. The number of nitrogens with one attached hydrogen (secondary N) is 2. The molecule has 2 fully saturated rings. The number of halogens is 24. The predicted molar refractivity (Wildman–Crippen MR) is 388 cm³/mol. The van der Waals surface area contributed by atoms with Crippen molar-refractivity contribution in [1.82, 2.24) is 10.6 Å². The highest BCUT2D eigenvalue weighted by molar-refractivity contribution is 14.1. The van der Waals surface area contributed by atoms with E-state index in [-0.39, 0.29) is 28.6 Å². The fourth-order valence-electron chi connectivity index (χ4n) is 4.95. The number of hydrogen-bond donors (Lipinski definition) is 4. The van der Waals surface area contributed by atoms with Gasteiger partial charge < -0.3 is 78.9 Å². The maximum atomic E-state index is 12.6. The van der Waals surface area contributed by atoms with Gasteiger partial charge in [0.2, 0.25) is 0 Å². The van der Waals surface area contributed by atoms with E-state index in [2.05, 4.69) is 35.1 Å². The standard InChI is InChI=1S/2C12H24O6.4C6F4I2.2C2H6N2S/c2*1-2-14-5-6-16-9-10-18-12-11-17-8-7-15-4-3-13-1;4*7-1-2(8)4(10)6(12)5(11)3(1)9;2*1-4-2(3)5/h2*1-12H2;;;;;2*1H3,(H3,3,4,5). The lowest BCUT2D eigenvalue weighted by molar-refractivity contribution is -0.0334. The highest BCUT2D eigenvalue weighted by atomic mass is 127. The Bertz CT molecular complexity index is 1970. The Labute approximate surface area is 650 Å². The van der Waals surface area contributed by atoms with Gasteiger partial charge in [-0.3, -0.25) is 0 Å². The summed E-state index contributed by atoms with van der Waals surface area (Å²) in [5, 5.41) is 5.75. The van der Waals surface area contributed by atoms with Crippen LogP contribution < -0.4 is 22.1 Å². The molecule has 0 spiro atoms. The Morgan fingerprint density at radius 2 is 0.287 bits per heavy atom. The van der Waals surface area contributed by atoms with Crippen molar-refractivity contribution in [2.45, 2.75) is 0 Å². The Kier molecular flexibility index (Phi) is 60.5. The van der Waals surface area contributed by atoms with Crippen LogP contribution >= 0.6 is 205 Å². The van der Waals surface area contributed by atoms with Crippen molar-refractivity contribution in [3.8, 4) is 0 Å². The van der Waals surface area contributed by atoms with E-state index in [4.69, 9.17) is 68.3 Å². The molecule has 0 radical (unpaired) electrons. The molecule has 6 N–H and O–H groups in total. The number of benzene rings is 4. The molecule has 2 aliphatic rings. The summed E-state index contributed by atoms with van der Waals surface area (Å²) < 4.78 is 263. The van der Waals surface area contributed by atoms with Gasteiger partial charge in [-0.15, -0.1) is 0 Å². The molecule has 94 heavy (non-hydrogen) atoms. The van der Waals surface area contributed by atoms with Crippen molar-refractivity contribution >= 4 is 215 Å². The molecule has 2 heterocycles. The van der Waals surface area contributed by atoms with Crippen LogP contribution in [0.1, 0.15) is 0 Å². The van der Waals surface area contributed by atoms with Crippen molar-refractivity contribution in [3.05, 3.63) is 122 Å². The van der Waals surface area contributed by atoms with Gasteiger partial charge in [-0.1, -0.05) is 0 Å². The van der Waals surface area contributed by atoms with Crippen LogP contribution in [0.2, 0.25) is 0 Å². The maximum Gasteiger partial charge on any atom is 0.198 e. The number of nitrogens with two attached hydrogens (primary N) is 2. The van der Waals surface area contributed by atoms with Crippen LogP contribution in [-0.4, -0.2) is 183 Å². The van der Waals surface area contributed by atoms with E-state index in [0.29, 0.717) is 169 Å². The Morgan fingerprint density at radius 3 is 0.340 bits per heavy atom. The minimum Gasteiger partial charge on any atom is -0.377 e. The van der Waals surface area contributed by atoms with Crippen molar-refractivity contribution in [2.24, 2.45) is 11.5 Å². The van der Waals surface area contributed by atoms with Gasteiger partial charge in [-0.05, 0) is 205 Å². The molecule has 4 aromatic carbocycles. The highest BCUT2D eigenvalue weighted by Crippen LogP contribution is 2.30. The zero-order valence-corrected chi connectivity index (χ0v) is 67.8. The van der Waals surface area contributed by atoms with Crippen LogP contribution in [0.3, 0.4) is 0 Å². The molecule has 0 aliphatic carbocycles. The van der Waals surface area contributed by atoms with Crippen molar-refractivity contribution < 1.29 is 127 Å². The second-order valence-corrected chi connectivity index (χ2v) is 25.6. The van der Waals surface area contributed by atoms with Crippen LogP contribution in [0.5, 0.6) is 0 Å². The predicted octanol–water partition coefficient (Wildman–Crippen LogP) is 12.9. The number of rotatable bonds is 0. The monoisotopic (exact) mass is 2320 g/mol. The van der Waals surface area contributed by atoms with Gasteiger partial charge in [-0.2, -0.15) is 0 Å². The first-order valence-corrected chi connectivity index (χ1v) is 35.4. The second kappa shape index (κ2) is 58.9. The smallest absolute Gasteiger partial charge is 0.198 e. The van der Waals surface area contributed by atoms with Gasteiger partial charge in [0.15, 0.2) is 103 Å². The van der Waals surface area contributed by atoms with Crippen LogP contribution in [-0.2, 0) is 56.8 Å². The first-order valence-electron chi connectivity index (χ1n) is 25.9. The summed E-state index contributed by atoms with van der Waals surface area (Å²) in [6.07, 6.45) is 0. The molecular formula is C52H60F16I8N4O12S2. The summed E-state index contributed by atoms with van der Waals surface area (Å²) in [5.41, 5.74) is 9.82. The Hall–Kier alpha value is 0.500. The van der Waals surface area contributed by atoms with Gasteiger partial charge in [0.25, 0.3) is 0 Å². The third-order valence-electron chi connectivity index (χ3n) is 9.58. The number of hydrogen-bond acceptors (Lipinski definition) is 14. The molecular weight excluding hydrogens is 2260 g/mol. The summed E-state index contributed by atoms with van der Waals surface area (Å²) >= 11 is 20.0. The fourth-order valence-corrected chi connectivity index (χ4v) is 8.74. The lowest BCUT2D eigenvalue weighted by atomic mass is 10.3. The average Bonchev–Trinajstić information content (AvgIpc) is 0.848. The SMILES string of the molecule is C1COCCOCCOCCOCCOCCO1.C1COCCOCCOCCOCCOCCO1.CNC(N)=S.CNC(N)=S.Fc1c(F)c(F)c(I)c(I)c1F.Fc1c(F)c(F)c(I)c(I)c1F.Fc1c(F)c(F)c(I)c(I)c1F.Fc1c(F)c(F)c(I)c(I)c1F. The Balaban J connectivity index is 0. The second-order valence-electron chi connectivity index (χ2n) is 16.1. The summed E-state index contributed by atoms with van der Waals surface area (Å²) in [6, 6.07) is 0. The van der Waals surface area contributed by atoms with Gasteiger partial charge in [-0.25, -0.2) is 70.2 Å².